The first-order valence-electron chi connectivity index (χ1n) is 7.39. The van der Waals surface area contributed by atoms with Gasteiger partial charge in [-0.25, -0.2) is 4.79 Å². The fourth-order valence-corrected chi connectivity index (χ4v) is 2.78. The van der Waals surface area contributed by atoms with Crippen molar-refractivity contribution in [2.24, 2.45) is 5.92 Å². The van der Waals surface area contributed by atoms with Crippen LogP contribution < -0.4 is 10.6 Å². The Morgan fingerprint density at radius 2 is 2.09 bits per heavy atom. The molecule has 1 fully saturated rings. The lowest BCUT2D eigenvalue weighted by Gasteiger charge is -2.33. The van der Waals surface area contributed by atoms with Gasteiger partial charge in [0.2, 0.25) is 0 Å². The van der Waals surface area contributed by atoms with Gasteiger partial charge in [-0.1, -0.05) is 18.9 Å². The molecule has 1 aliphatic rings. The summed E-state index contributed by atoms with van der Waals surface area (Å²) in [6.07, 6.45) is -0.958. The van der Waals surface area contributed by atoms with E-state index in [1.165, 1.54) is 0 Å². The lowest BCUT2D eigenvalue weighted by molar-refractivity contribution is -0.187. The smallest absolute Gasteiger partial charge is 0.335 e. The van der Waals surface area contributed by atoms with Crippen LogP contribution >= 0.6 is 0 Å². The van der Waals surface area contributed by atoms with Crippen molar-refractivity contribution in [3.63, 3.8) is 0 Å². The van der Waals surface area contributed by atoms with Gasteiger partial charge in [-0.3, -0.25) is 4.98 Å². The number of aromatic nitrogens is 1. The predicted octanol–water partition coefficient (Wildman–Crippen LogP) is 3.31. The number of urea groups is 1. The number of carbonyl (C=O) groups is 1. The van der Waals surface area contributed by atoms with E-state index in [-0.39, 0.29) is 13.0 Å². The minimum absolute atomic E-state index is 0.0772. The third-order valence-corrected chi connectivity index (χ3v) is 4.04. The Bertz CT molecular complexity index is 519. The van der Waals surface area contributed by atoms with Crippen LogP contribution in [0.25, 0.3) is 0 Å². The second kappa shape index (κ2) is 6.98. The van der Waals surface area contributed by atoms with Gasteiger partial charge in [-0.05, 0) is 31.4 Å². The topological polar surface area (TPSA) is 54.0 Å². The Labute approximate surface area is 127 Å². The molecule has 7 heteroatoms. The molecule has 22 heavy (non-hydrogen) atoms. The number of hydrogen-bond donors (Lipinski definition) is 2. The number of carbonyl (C=O) groups excluding carboxylic acids is 1. The SMILES string of the molecule is Cc1cccnc1CNC(=O)N[C@H]1CCCC[C@H]1C(F)(F)F. The first kappa shape index (κ1) is 16.6. The van der Waals surface area contributed by atoms with Gasteiger partial charge >= 0.3 is 12.2 Å². The van der Waals surface area contributed by atoms with E-state index < -0.39 is 24.2 Å². The van der Waals surface area contributed by atoms with Crippen molar-refractivity contribution in [2.75, 3.05) is 0 Å². The maximum absolute atomic E-state index is 13.0. The summed E-state index contributed by atoms with van der Waals surface area (Å²) in [6, 6.07) is 2.22. The molecule has 0 spiro atoms. The van der Waals surface area contributed by atoms with E-state index in [9.17, 15) is 18.0 Å². The second-order valence-electron chi connectivity index (χ2n) is 5.63. The zero-order chi connectivity index (χ0) is 16.2. The normalized spacial score (nSPS) is 22.2. The van der Waals surface area contributed by atoms with E-state index in [1.54, 1.807) is 12.3 Å². The Kier molecular flexibility index (Phi) is 5.26. The predicted molar refractivity (Wildman–Crippen MR) is 76.1 cm³/mol. The quantitative estimate of drug-likeness (QED) is 0.899. The van der Waals surface area contributed by atoms with Gasteiger partial charge in [0.25, 0.3) is 0 Å². The van der Waals surface area contributed by atoms with Crippen LogP contribution in [0.5, 0.6) is 0 Å². The third kappa shape index (κ3) is 4.35. The summed E-state index contributed by atoms with van der Waals surface area (Å²) < 4.78 is 38.9. The van der Waals surface area contributed by atoms with Crippen LogP contribution in [0.4, 0.5) is 18.0 Å². The van der Waals surface area contributed by atoms with E-state index in [0.717, 1.165) is 5.56 Å². The summed E-state index contributed by atoms with van der Waals surface area (Å²) in [5, 5.41) is 5.05. The van der Waals surface area contributed by atoms with E-state index in [4.69, 9.17) is 0 Å². The molecule has 0 aromatic carbocycles. The molecule has 2 N–H and O–H groups in total. The van der Waals surface area contributed by atoms with Gasteiger partial charge in [0.05, 0.1) is 18.2 Å². The highest BCUT2D eigenvalue weighted by atomic mass is 19.4. The van der Waals surface area contributed by atoms with Crippen LogP contribution in [0.2, 0.25) is 0 Å². The molecule has 0 unspecified atom stereocenters. The van der Waals surface area contributed by atoms with Gasteiger partial charge in [0, 0.05) is 12.2 Å². The number of nitrogens with zero attached hydrogens (tertiary/aromatic N) is 1. The molecule has 0 saturated heterocycles. The van der Waals surface area contributed by atoms with Crippen molar-refractivity contribution < 1.29 is 18.0 Å². The average molecular weight is 315 g/mol. The zero-order valence-electron chi connectivity index (χ0n) is 12.4. The van der Waals surface area contributed by atoms with Gasteiger partial charge in [-0.2, -0.15) is 13.2 Å². The Morgan fingerprint density at radius 3 is 2.77 bits per heavy atom. The number of halogens is 3. The summed E-state index contributed by atoms with van der Waals surface area (Å²) in [4.78, 5) is 16.0. The van der Waals surface area contributed by atoms with Crippen molar-refractivity contribution in [3.05, 3.63) is 29.6 Å². The highest BCUT2D eigenvalue weighted by Gasteiger charge is 2.45. The summed E-state index contributed by atoms with van der Waals surface area (Å²) >= 11 is 0. The van der Waals surface area contributed by atoms with Gasteiger partial charge in [0.1, 0.15) is 0 Å². The first-order valence-corrected chi connectivity index (χ1v) is 7.39. The number of aryl methyl sites for hydroxylation is 1. The molecule has 1 heterocycles. The number of nitrogens with one attached hydrogen (secondary N) is 2. The second-order valence-corrected chi connectivity index (χ2v) is 5.63. The molecule has 4 nitrogen and oxygen atoms in total. The largest absolute Gasteiger partial charge is 0.393 e. The van der Waals surface area contributed by atoms with Crippen LogP contribution in [0.3, 0.4) is 0 Å². The molecule has 122 valence electrons. The highest BCUT2D eigenvalue weighted by molar-refractivity contribution is 5.74. The Morgan fingerprint density at radius 1 is 1.36 bits per heavy atom. The van der Waals surface area contributed by atoms with Crippen molar-refractivity contribution in [3.8, 4) is 0 Å². The van der Waals surface area contributed by atoms with Crippen molar-refractivity contribution in [1.82, 2.24) is 15.6 Å². The highest BCUT2D eigenvalue weighted by Crippen LogP contribution is 2.37. The van der Waals surface area contributed by atoms with Crippen molar-refractivity contribution >= 4 is 6.03 Å². The van der Waals surface area contributed by atoms with Gasteiger partial charge in [0.15, 0.2) is 0 Å². The first-order chi connectivity index (χ1) is 10.4. The summed E-state index contributed by atoms with van der Waals surface area (Å²) in [5.41, 5.74) is 1.63. The number of alkyl halides is 3. The van der Waals surface area contributed by atoms with Crippen LogP contribution in [0, 0.1) is 12.8 Å². The molecule has 1 aromatic heterocycles. The zero-order valence-corrected chi connectivity index (χ0v) is 12.4. The molecular formula is C15H20F3N3O. The lowest BCUT2D eigenvalue weighted by Crippen LogP contribution is -2.50. The molecular weight excluding hydrogens is 295 g/mol. The number of pyridine rings is 1. The van der Waals surface area contributed by atoms with Gasteiger partial charge < -0.3 is 10.6 Å². The van der Waals surface area contributed by atoms with Crippen LogP contribution in [0.15, 0.2) is 18.3 Å². The Balaban J connectivity index is 1.89. The monoisotopic (exact) mass is 315 g/mol. The average Bonchev–Trinajstić information content (AvgIpc) is 2.46. The fraction of sp³-hybridized carbons (Fsp3) is 0.600. The minimum atomic E-state index is -4.27. The summed E-state index contributed by atoms with van der Waals surface area (Å²) in [6.45, 7) is 2.06. The third-order valence-electron chi connectivity index (χ3n) is 4.04. The van der Waals surface area contributed by atoms with Gasteiger partial charge in [-0.15, -0.1) is 0 Å². The van der Waals surface area contributed by atoms with Crippen molar-refractivity contribution in [1.29, 1.82) is 0 Å². The minimum Gasteiger partial charge on any atom is -0.335 e. The molecule has 1 aliphatic carbocycles. The number of amides is 2. The lowest BCUT2D eigenvalue weighted by atomic mass is 9.84. The summed E-state index contributed by atoms with van der Waals surface area (Å²) in [7, 11) is 0. The molecule has 2 amide bonds. The molecule has 2 atom stereocenters. The van der Waals surface area contributed by atoms with E-state index >= 15 is 0 Å². The van der Waals surface area contributed by atoms with E-state index in [2.05, 4.69) is 15.6 Å². The molecule has 0 radical (unpaired) electrons. The van der Waals surface area contributed by atoms with Crippen molar-refractivity contribution in [2.45, 2.75) is 51.4 Å². The van der Waals surface area contributed by atoms with Crippen LogP contribution in [-0.2, 0) is 6.54 Å². The van der Waals surface area contributed by atoms with Crippen LogP contribution in [-0.4, -0.2) is 23.2 Å². The molecule has 1 saturated carbocycles. The molecule has 0 bridgehead atoms. The maximum atomic E-state index is 13.0. The van der Waals surface area contributed by atoms with E-state index in [1.807, 2.05) is 13.0 Å². The molecule has 2 rings (SSSR count). The Hall–Kier alpha value is -1.79. The number of hydrogen-bond acceptors (Lipinski definition) is 2. The standard InChI is InChI=1S/C15H20F3N3O/c1-10-5-4-8-19-13(10)9-20-14(22)21-12-7-3-2-6-11(12)15(16,17)18/h4-5,8,11-12H,2-3,6-7,9H2,1H3,(H2,20,21,22)/t11-,12+/m1/s1. The number of rotatable bonds is 3. The fourth-order valence-electron chi connectivity index (χ4n) is 2.78. The molecule has 1 aromatic rings. The molecule has 0 aliphatic heterocycles. The maximum Gasteiger partial charge on any atom is 0.393 e. The van der Waals surface area contributed by atoms with E-state index in [0.29, 0.717) is 25.0 Å². The van der Waals surface area contributed by atoms with Crippen LogP contribution in [0.1, 0.15) is 36.9 Å². The summed E-state index contributed by atoms with van der Waals surface area (Å²) in [5.74, 6) is -1.46.